The maximum Gasteiger partial charge on any atom is 0.245 e. The Labute approximate surface area is 221 Å². The molecular weight excluding hydrogens is 486 g/mol. The van der Waals surface area contributed by atoms with E-state index in [0.29, 0.717) is 62.2 Å². The monoisotopic (exact) mass is 519 g/mol. The molecule has 0 aliphatic carbocycles. The number of benzene rings is 1. The Kier molecular flexibility index (Phi) is 7.34. The normalized spacial score (nSPS) is 16.4. The topological polar surface area (TPSA) is 116 Å². The van der Waals surface area contributed by atoms with E-state index in [1.165, 1.54) is 6.08 Å². The van der Waals surface area contributed by atoms with Crippen molar-refractivity contribution in [2.24, 2.45) is 0 Å². The van der Waals surface area contributed by atoms with Gasteiger partial charge in [-0.3, -0.25) is 9.59 Å². The van der Waals surface area contributed by atoms with Crippen LogP contribution in [-0.2, 0) is 9.59 Å². The molecule has 0 saturated carbocycles. The van der Waals surface area contributed by atoms with Crippen LogP contribution in [0.4, 0.5) is 17.3 Å². The fourth-order valence-corrected chi connectivity index (χ4v) is 4.92. The number of hydrogen-bond donors (Lipinski definition) is 2. The number of rotatable bonds is 7. The minimum absolute atomic E-state index is 0.0525. The van der Waals surface area contributed by atoms with Gasteiger partial charge in [-0.2, -0.15) is 9.97 Å². The zero-order valence-corrected chi connectivity index (χ0v) is 21.8. The molecule has 2 N–H and O–H groups in total. The molecule has 0 spiro atoms. The molecule has 2 fully saturated rings. The minimum atomic E-state index is -0.0537. The van der Waals surface area contributed by atoms with E-state index in [1.807, 2.05) is 35.4 Å². The quantitative estimate of drug-likeness (QED) is 0.458. The number of anilines is 3. The number of fused-ring (bicyclic) bond motifs is 1. The molecule has 0 bridgehead atoms. The predicted molar refractivity (Wildman–Crippen MR) is 145 cm³/mol. The van der Waals surface area contributed by atoms with E-state index in [9.17, 15) is 9.59 Å². The van der Waals surface area contributed by atoms with Crippen molar-refractivity contribution >= 4 is 40.2 Å². The summed E-state index contributed by atoms with van der Waals surface area (Å²) in [4.78, 5) is 41.9. The van der Waals surface area contributed by atoms with Crippen LogP contribution in [0.5, 0.6) is 11.6 Å². The van der Waals surface area contributed by atoms with Gasteiger partial charge in [0, 0.05) is 77.0 Å². The number of H-pyrrole nitrogens is 1. The van der Waals surface area contributed by atoms with Crippen LogP contribution >= 0.6 is 0 Å². The molecule has 2 aliphatic rings. The van der Waals surface area contributed by atoms with Crippen LogP contribution in [0.25, 0.3) is 11.0 Å². The molecule has 200 valence electrons. The first-order valence-corrected chi connectivity index (χ1v) is 12.8. The largest absolute Gasteiger partial charge is 0.494 e. The van der Waals surface area contributed by atoms with Gasteiger partial charge < -0.3 is 34.5 Å². The molecule has 4 heterocycles. The number of amides is 2. The van der Waals surface area contributed by atoms with E-state index in [1.54, 1.807) is 18.9 Å². The van der Waals surface area contributed by atoms with Gasteiger partial charge in [0.1, 0.15) is 17.5 Å². The average Bonchev–Trinajstić information content (AvgIpc) is 3.42. The maximum atomic E-state index is 11.9. The van der Waals surface area contributed by atoms with E-state index in [0.717, 1.165) is 29.9 Å². The van der Waals surface area contributed by atoms with Gasteiger partial charge in [0.2, 0.25) is 23.6 Å². The number of likely N-dealkylation sites (tertiary alicyclic amines) is 1. The van der Waals surface area contributed by atoms with Crippen molar-refractivity contribution in [2.45, 2.75) is 25.9 Å². The lowest BCUT2D eigenvalue weighted by molar-refractivity contribution is -0.129. The zero-order valence-electron chi connectivity index (χ0n) is 21.8. The van der Waals surface area contributed by atoms with Crippen LogP contribution in [0.15, 0.2) is 43.1 Å². The smallest absolute Gasteiger partial charge is 0.245 e. The number of piperazine rings is 1. The van der Waals surface area contributed by atoms with Gasteiger partial charge in [0.15, 0.2) is 0 Å². The third kappa shape index (κ3) is 5.36. The fourth-order valence-electron chi connectivity index (χ4n) is 4.92. The summed E-state index contributed by atoms with van der Waals surface area (Å²) in [5.41, 5.74) is 2.42. The number of carbonyl (C=O) groups excluding carboxylic acids is 2. The van der Waals surface area contributed by atoms with Gasteiger partial charge >= 0.3 is 0 Å². The van der Waals surface area contributed by atoms with Crippen molar-refractivity contribution in [3.05, 3.63) is 43.1 Å². The van der Waals surface area contributed by atoms with Crippen molar-refractivity contribution < 1.29 is 19.1 Å². The van der Waals surface area contributed by atoms with Crippen LogP contribution in [-0.4, -0.2) is 89.0 Å². The minimum Gasteiger partial charge on any atom is -0.494 e. The summed E-state index contributed by atoms with van der Waals surface area (Å²) in [6, 6.07) is 7.85. The lowest BCUT2D eigenvalue weighted by Crippen LogP contribution is -2.48. The van der Waals surface area contributed by atoms with Crippen LogP contribution in [0.1, 0.15) is 19.8 Å². The van der Waals surface area contributed by atoms with Crippen molar-refractivity contribution in [2.75, 3.05) is 56.6 Å². The molecule has 2 aromatic heterocycles. The van der Waals surface area contributed by atoms with Crippen LogP contribution < -0.4 is 19.7 Å². The van der Waals surface area contributed by atoms with Crippen molar-refractivity contribution in [1.29, 1.82) is 0 Å². The summed E-state index contributed by atoms with van der Waals surface area (Å²) in [5, 5.41) is 4.08. The summed E-state index contributed by atoms with van der Waals surface area (Å²) < 4.78 is 12.0. The highest BCUT2D eigenvalue weighted by Gasteiger charge is 2.25. The van der Waals surface area contributed by atoms with Crippen molar-refractivity contribution in [3.63, 3.8) is 0 Å². The second kappa shape index (κ2) is 11.0. The number of nitrogens with zero attached hydrogens (tertiary/aromatic N) is 5. The van der Waals surface area contributed by atoms with E-state index >= 15 is 0 Å². The molecule has 0 atom stereocenters. The SMILES string of the molecule is C=CC(=O)N1CCC(Oc2nc(Nc3ccc(N4CCN(C(C)=O)CC4)cc3OC)nc3[nH]ccc23)CC1. The third-order valence-electron chi connectivity index (χ3n) is 7.11. The standard InChI is InChI=1S/C27H33N7O4/c1-4-24(36)34-11-8-20(9-12-34)38-26-21-7-10-28-25(21)30-27(31-26)29-22-6-5-19(17-23(22)37-3)33-15-13-32(14-16-33)18(2)35/h4-7,10,17,20H,1,8-9,11-16H2,2-3H3,(H2,28,29,30,31). The summed E-state index contributed by atoms with van der Waals surface area (Å²) >= 11 is 0. The van der Waals surface area contributed by atoms with E-state index in [-0.39, 0.29) is 17.9 Å². The van der Waals surface area contributed by atoms with Gasteiger partial charge in [-0.1, -0.05) is 6.58 Å². The second-order valence-corrected chi connectivity index (χ2v) is 9.44. The average molecular weight is 520 g/mol. The first-order chi connectivity index (χ1) is 18.4. The predicted octanol–water partition coefficient (Wildman–Crippen LogP) is 2.93. The lowest BCUT2D eigenvalue weighted by Gasteiger charge is -2.35. The summed E-state index contributed by atoms with van der Waals surface area (Å²) in [5.74, 6) is 1.59. The van der Waals surface area contributed by atoms with Gasteiger partial charge in [0.25, 0.3) is 0 Å². The number of ether oxygens (including phenoxy) is 2. The number of aromatic nitrogens is 3. The number of aromatic amines is 1. The van der Waals surface area contributed by atoms with E-state index in [4.69, 9.17) is 9.47 Å². The molecule has 38 heavy (non-hydrogen) atoms. The summed E-state index contributed by atoms with van der Waals surface area (Å²) in [6.07, 6.45) is 4.54. The Morgan fingerprint density at radius 2 is 1.84 bits per heavy atom. The van der Waals surface area contributed by atoms with Crippen molar-refractivity contribution in [1.82, 2.24) is 24.8 Å². The highest BCUT2D eigenvalue weighted by molar-refractivity contribution is 5.87. The Hall–Kier alpha value is -4.28. The molecule has 3 aromatic rings. The first-order valence-electron chi connectivity index (χ1n) is 12.8. The molecule has 11 heteroatoms. The molecule has 0 unspecified atom stereocenters. The van der Waals surface area contributed by atoms with Crippen LogP contribution in [0, 0.1) is 0 Å². The third-order valence-corrected chi connectivity index (χ3v) is 7.11. The summed E-state index contributed by atoms with van der Waals surface area (Å²) in [7, 11) is 1.63. The number of hydrogen-bond acceptors (Lipinski definition) is 8. The lowest BCUT2D eigenvalue weighted by atomic mass is 10.1. The van der Waals surface area contributed by atoms with Crippen LogP contribution in [0.2, 0.25) is 0 Å². The molecular formula is C27H33N7O4. The molecule has 11 nitrogen and oxygen atoms in total. The van der Waals surface area contributed by atoms with Gasteiger partial charge in [0.05, 0.1) is 18.2 Å². The first kappa shape index (κ1) is 25.4. The number of piperidine rings is 1. The Bertz CT molecular complexity index is 1320. The van der Waals surface area contributed by atoms with Crippen LogP contribution in [0.3, 0.4) is 0 Å². The summed E-state index contributed by atoms with van der Waals surface area (Å²) in [6.45, 7) is 9.36. The highest BCUT2D eigenvalue weighted by atomic mass is 16.5. The van der Waals surface area contributed by atoms with E-state index in [2.05, 4.69) is 31.7 Å². The van der Waals surface area contributed by atoms with Gasteiger partial charge in [-0.15, -0.1) is 0 Å². The number of methoxy groups -OCH3 is 1. The van der Waals surface area contributed by atoms with Gasteiger partial charge in [-0.05, 0) is 24.3 Å². The Morgan fingerprint density at radius 3 is 2.53 bits per heavy atom. The van der Waals surface area contributed by atoms with Gasteiger partial charge in [-0.25, -0.2) is 0 Å². The molecule has 0 radical (unpaired) electrons. The zero-order chi connectivity index (χ0) is 26.6. The number of nitrogens with one attached hydrogen (secondary N) is 2. The Morgan fingerprint density at radius 1 is 1.08 bits per heavy atom. The Balaban J connectivity index is 1.31. The van der Waals surface area contributed by atoms with E-state index < -0.39 is 0 Å². The highest BCUT2D eigenvalue weighted by Crippen LogP contribution is 2.33. The van der Waals surface area contributed by atoms with Crippen molar-refractivity contribution in [3.8, 4) is 11.6 Å². The maximum absolute atomic E-state index is 11.9. The molecule has 1 aromatic carbocycles. The second-order valence-electron chi connectivity index (χ2n) is 9.44. The molecule has 2 amide bonds. The molecule has 2 saturated heterocycles. The number of carbonyl (C=O) groups is 2. The fraction of sp³-hybridized carbons (Fsp3) is 0.407. The molecule has 2 aliphatic heterocycles. The molecule has 5 rings (SSSR count).